The second-order valence-corrected chi connectivity index (χ2v) is 14.7. The monoisotopic (exact) mass is 761 g/mol. The van der Waals surface area contributed by atoms with Gasteiger partial charge in [-0.1, -0.05) is 35.6 Å². The first kappa shape index (κ1) is 36.6. The molecule has 4 amide bonds. The van der Waals surface area contributed by atoms with Crippen LogP contribution in [0.25, 0.3) is 27.6 Å². The number of imide groups is 1. The van der Waals surface area contributed by atoms with Crippen molar-refractivity contribution in [2.24, 2.45) is 0 Å². The van der Waals surface area contributed by atoms with E-state index in [4.69, 9.17) is 0 Å². The van der Waals surface area contributed by atoms with Gasteiger partial charge in [-0.15, -0.1) is 5.10 Å². The molecule has 0 aliphatic carbocycles. The van der Waals surface area contributed by atoms with Crippen molar-refractivity contribution in [3.63, 3.8) is 0 Å². The summed E-state index contributed by atoms with van der Waals surface area (Å²) in [5.74, 6) is -1.79. The average Bonchev–Trinajstić information content (AvgIpc) is 3.87. The number of halogens is 2. The maximum Gasteiger partial charge on any atom is 0.269 e. The van der Waals surface area contributed by atoms with E-state index >= 15 is 8.78 Å². The van der Waals surface area contributed by atoms with Gasteiger partial charge in [0.15, 0.2) is 5.82 Å². The zero-order valence-corrected chi connectivity index (χ0v) is 31.0. The molecule has 0 bridgehead atoms. The minimum atomic E-state index is -0.598. The second-order valence-electron chi connectivity index (χ2n) is 14.7. The van der Waals surface area contributed by atoms with E-state index in [1.807, 2.05) is 41.3 Å². The Balaban J connectivity index is 1.00. The van der Waals surface area contributed by atoms with Crippen LogP contribution in [0.2, 0.25) is 0 Å². The average molecular weight is 762 g/mol. The molecule has 0 saturated carbocycles. The summed E-state index contributed by atoms with van der Waals surface area (Å²) in [6.07, 6.45) is 6.64. The molecular formula is C41H41F2N9O4. The molecular weight excluding hydrogens is 721 g/mol. The summed E-state index contributed by atoms with van der Waals surface area (Å²) < 4.78 is 33.4. The number of fused-ring (bicyclic) bond motifs is 1. The highest BCUT2D eigenvalue weighted by atomic mass is 19.1. The Bertz CT molecular complexity index is 2370. The molecule has 1 unspecified atom stereocenters. The van der Waals surface area contributed by atoms with Crippen molar-refractivity contribution in [1.82, 2.24) is 35.1 Å². The number of carbonyl (C=O) groups is 4. The van der Waals surface area contributed by atoms with Gasteiger partial charge in [-0.2, -0.15) is 0 Å². The van der Waals surface area contributed by atoms with Crippen LogP contribution in [0.5, 0.6) is 0 Å². The normalized spacial score (nSPS) is 17.4. The van der Waals surface area contributed by atoms with Crippen LogP contribution in [0.1, 0.15) is 53.2 Å². The van der Waals surface area contributed by atoms with Gasteiger partial charge in [0.1, 0.15) is 17.6 Å². The van der Waals surface area contributed by atoms with Crippen LogP contribution in [0, 0.1) is 11.6 Å². The highest BCUT2D eigenvalue weighted by molar-refractivity contribution is 6.05. The summed E-state index contributed by atoms with van der Waals surface area (Å²) in [4.78, 5) is 58.0. The number of carbonyl (C=O) groups excluding carboxylic acids is 4. The fourth-order valence-electron chi connectivity index (χ4n) is 7.67. The molecule has 5 heterocycles. The number of aryl methyl sites for hydroxylation is 1. The van der Waals surface area contributed by atoms with Crippen LogP contribution in [0.3, 0.4) is 0 Å². The predicted octanol–water partition coefficient (Wildman–Crippen LogP) is 4.93. The Morgan fingerprint density at radius 1 is 1.02 bits per heavy atom. The summed E-state index contributed by atoms with van der Waals surface area (Å²) in [5.41, 5.74) is 5.14. The number of benzene rings is 3. The van der Waals surface area contributed by atoms with Crippen molar-refractivity contribution in [2.45, 2.75) is 44.2 Å². The molecule has 288 valence electrons. The van der Waals surface area contributed by atoms with E-state index in [2.05, 4.69) is 25.9 Å². The number of nitrogens with zero attached hydrogens (tertiary/aromatic N) is 6. The molecule has 15 heteroatoms. The zero-order valence-electron chi connectivity index (χ0n) is 31.0. The van der Waals surface area contributed by atoms with Crippen LogP contribution in [-0.2, 0) is 20.9 Å². The van der Waals surface area contributed by atoms with Crippen LogP contribution >= 0.6 is 0 Å². The first-order valence-electron chi connectivity index (χ1n) is 18.7. The maximum atomic E-state index is 16.5. The van der Waals surface area contributed by atoms with Gasteiger partial charge in [0.05, 0.1) is 23.9 Å². The lowest BCUT2D eigenvalue weighted by atomic mass is 9.88. The van der Waals surface area contributed by atoms with Gasteiger partial charge in [0.25, 0.3) is 5.91 Å². The fourth-order valence-corrected chi connectivity index (χ4v) is 7.67. The molecule has 3 aliphatic rings. The fraction of sp³-hybridized carbons (Fsp3) is 0.317. The summed E-state index contributed by atoms with van der Waals surface area (Å²) in [5, 5.41) is 13.6. The van der Waals surface area contributed by atoms with Gasteiger partial charge < -0.3 is 25.0 Å². The van der Waals surface area contributed by atoms with Crippen LogP contribution in [-0.4, -0.2) is 99.7 Å². The summed E-state index contributed by atoms with van der Waals surface area (Å²) >= 11 is 0. The molecule has 56 heavy (non-hydrogen) atoms. The number of hydrogen-bond donors (Lipinski definition) is 3. The van der Waals surface area contributed by atoms with E-state index in [9.17, 15) is 19.2 Å². The quantitative estimate of drug-likeness (QED) is 0.170. The van der Waals surface area contributed by atoms with Gasteiger partial charge >= 0.3 is 0 Å². The Labute approximate surface area is 321 Å². The minimum Gasteiger partial charge on any atom is -0.374 e. The van der Waals surface area contributed by atoms with E-state index < -0.39 is 23.6 Å². The third-order valence-electron chi connectivity index (χ3n) is 10.8. The van der Waals surface area contributed by atoms with Gasteiger partial charge in [0.2, 0.25) is 17.7 Å². The lowest BCUT2D eigenvalue weighted by molar-refractivity contribution is -0.134. The summed E-state index contributed by atoms with van der Waals surface area (Å²) in [6.45, 7) is 2.39. The highest BCUT2D eigenvalue weighted by Gasteiger charge is 2.31. The van der Waals surface area contributed by atoms with E-state index in [-0.39, 0.29) is 54.2 Å². The first-order chi connectivity index (χ1) is 27.0. The largest absolute Gasteiger partial charge is 0.374 e. The Morgan fingerprint density at radius 2 is 1.82 bits per heavy atom. The minimum absolute atomic E-state index is 0.0572. The molecule has 3 aromatic carbocycles. The van der Waals surface area contributed by atoms with Crippen molar-refractivity contribution in [3.8, 4) is 11.1 Å². The molecule has 0 radical (unpaired) electrons. The van der Waals surface area contributed by atoms with E-state index in [1.54, 1.807) is 54.3 Å². The topological polar surface area (TPSA) is 149 Å². The molecule has 2 fully saturated rings. The molecule has 0 spiro atoms. The van der Waals surface area contributed by atoms with Gasteiger partial charge in [-0.3, -0.25) is 29.2 Å². The number of hydrogen-bond acceptors (Lipinski definition) is 8. The lowest BCUT2D eigenvalue weighted by Gasteiger charge is -2.41. The number of amides is 4. The number of piperidine rings is 1. The van der Waals surface area contributed by atoms with Gasteiger partial charge in [-0.25, -0.2) is 8.78 Å². The number of aromatic amines is 1. The number of H-pyrrole nitrogens is 1. The van der Waals surface area contributed by atoms with Crippen molar-refractivity contribution < 1.29 is 28.0 Å². The van der Waals surface area contributed by atoms with E-state index in [1.165, 1.54) is 11.0 Å². The molecule has 3 N–H and O–H groups in total. The van der Waals surface area contributed by atoms with Crippen molar-refractivity contribution in [2.75, 3.05) is 50.5 Å². The standard InChI is InChI=1S/C41H41F2N9O4/c1-49(2)41(56)34-20-31-29(19-30(38(43)39(31)46-34)26-4-3-15-50(21-26)37(54)13-16-52-17-14-44-48-52)25-7-5-24(6-8-25)27-22-51(23-27)35-11-9-28(18-32(35)42)45-33-10-12-36(53)47-40(33)55/h4-9,11,14,17-20,27,33,45-46H,3,10,12-13,15-16,21-23H2,1-2H3,(H,47,53,55). The van der Waals surface area contributed by atoms with Gasteiger partial charge in [-0.05, 0) is 65.4 Å². The number of aromatic nitrogens is 4. The first-order valence-corrected chi connectivity index (χ1v) is 18.7. The summed E-state index contributed by atoms with van der Waals surface area (Å²) in [6, 6.07) is 15.7. The van der Waals surface area contributed by atoms with Gasteiger partial charge in [0, 0.05) is 81.9 Å². The molecule has 5 aromatic rings. The SMILES string of the molecule is CN(C)C(=O)c1cc2c(-c3ccc(C4CN(c5ccc(NC6CCC(=O)NC6=O)cc5F)C4)cc3)cc(C3=CCCN(C(=O)CCn4ccnn4)C3)c(F)c2[nH]1. The number of anilines is 2. The van der Waals surface area contributed by atoms with Crippen molar-refractivity contribution in [1.29, 1.82) is 0 Å². The maximum absolute atomic E-state index is 16.5. The lowest BCUT2D eigenvalue weighted by Crippen LogP contribution is -2.47. The van der Waals surface area contributed by atoms with Crippen LogP contribution in [0.15, 0.2) is 73.1 Å². The van der Waals surface area contributed by atoms with E-state index in [0.717, 1.165) is 16.7 Å². The number of rotatable bonds is 10. The van der Waals surface area contributed by atoms with E-state index in [0.29, 0.717) is 66.9 Å². The molecule has 2 saturated heterocycles. The van der Waals surface area contributed by atoms with Crippen molar-refractivity contribution in [3.05, 3.63) is 102 Å². The third-order valence-corrected chi connectivity index (χ3v) is 10.8. The van der Waals surface area contributed by atoms with Crippen molar-refractivity contribution >= 4 is 51.5 Å². The van der Waals surface area contributed by atoms with Crippen LogP contribution < -0.4 is 15.5 Å². The zero-order chi connectivity index (χ0) is 39.1. The molecule has 3 aliphatic heterocycles. The Hall–Kier alpha value is -6.38. The predicted molar refractivity (Wildman–Crippen MR) is 207 cm³/mol. The Morgan fingerprint density at radius 3 is 2.54 bits per heavy atom. The van der Waals surface area contributed by atoms with Crippen LogP contribution in [0.4, 0.5) is 20.2 Å². The molecule has 2 aromatic heterocycles. The second kappa shape index (κ2) is 15.0. The highest BCUT2D eigenvalue weighted by Crippen LogP contribution is 2.39. The summed E-state index contributed by atoms with van der Waals surface area (Å²) in [7, 11) is 3.28. The smallest absolute Gasteiger partial charge is 0.269 e. The third kappa shape index (κ3) is 7.23. The molecule has 13 nitrogen and oxygen atoms in total. The molecule has 1 atom stereocenters. The number of nitrogens with one attached hydrogen (secondary N) is 3. The molecule has 8 rings (SSSR count). The Kier molecular flexibility index (Phi) is 9.83.